The highest BCUT2D eigenvalue weighted by molar-refractivity contribution is 7.14. The zero-order chi connectivity index (χ0) is 18.3. The molecule has 2 aromatic rings. The molecule has 138 valence electrons. The number of nitrogens with zero attached hydrogens (tertiary/aromatic N) is 1. The van der Waals surface area contributed by atoms with Gasteiger partial charge in [0.05, 0.1) is 13.2 Å². The summed E-state index contributed by atoms with van der Waals surface area (Å²) in [5.74, 6) is 1.10. The maximum absolute atomic E-state index is 12.6. The van der Waals surface area contributed by atoms with Crippen LogP contribution >= 0.6 is 11.3 Å². The minimum absolute atomic E-state index is 0.0307. The van der Waals surface area contributed by atoms with Crippen molar-refractivity contribution in [1.29, 1.82) is 0 Å². The molecule has 1 aliphatic heterocycles. The zero-order valence-electron chi connectivity index (χ0n) is 15.1. The number of rotatable bonds is 5. The lowest BCUT2D eigenvalue weighted by atomic mass is 9.57. The van der Waals surface area contributed by atoms with E-state index in [1.54, 1.807) is 12.5 Å². The summed E-state index contributed by atoms with van der Waals surface area (Å²) in [7, 11) is 1.64. The van der Waals surface area contributed by atoms with Crippen LogP contribution in [0.25, 0.3) is 0 Å². The molecule has 2 heterocycles. The zero-order valence-corrected chi connectivity index (χ0v) is 15.9. The third-order valence-corrected chi connectivity index (χ3v) is 6.22. The normalized spacial score (nSPS) is 25.9. The number of thiazole rings is 1. The van der Waals surface area contributed by atoms with Crippen LogP contribution in [0.4, 0.5) is 10.8 Å². The quantitative estimate of drug-likeness (QED) is 0.840. The minimum Gasteiger partial charge on any atom is -0.497 e. The van der Waals surface area contributed by atoms with Crippen molar-refractivity contribution in [3.05, 3.63) is 35.3 Å². The average Bonchev–Trinajstić information content (AvgIpc) is 3.28. The van der Waals surface area contributed by atoms with E-state index < -0.39 is 0 Å². The van der Waals surface area contributed by atoms with Gasteiger partial charge in [0.15, 0.2) is 5.13 Å². The molecule has 1 amide bonds. The van der Waals surface area contributed by atoms with Crippen molar-refractivity contribution in [2.24, 2.45) is 11.3 Å². The minimum atomic E-state index is -0.118. The number of hydrogen-bond donors (Lipinski definition) is 2. The first kappa shape index (κ1) is 17.3. The number of carbonyl (C=O) groups is 1. The highest BCUT2D eigenvalue weighted by Crippen LogP contribution is 2.52. The molecule has 0 radical (unpaired) electrons. The van der Waals surface area contributed by atoms with E-state index in [1.807, 2.05) is 24.3 Å². The van der Waals surface area contributed by atoms with Crippen LogP contribution in [0.3, 0.4) is 0 Å². The van der Waals surface area contributed by atoms with Gasteiger partial charge >= 0.3 is 0 Å². The Labute approximate surface area is 156 Å². The molecule has 2 fully saturated rings. The largest absolute Gasteiger partial charge is 0.497 e. The molecule has 2 N–H and O–H groups in total. The predicted octanol–water partition coefficient (Wildman–Crippen LogP) is 3.44. The second-order valence-corrected chi connectivity index (χ2v) is 8.27. The summed E-state index contributed by atoms with van der Waals surface area (Å²) < 4.78 is 10.9. The second-order valence-electron chi connectivity index (χ2n) is 7.41. The average molecular weight is 373 g/mol. The first-order valence-electron chi connectivity index (χ1n) is 8.78. The Morgan fingerprint density at radius 1 is 1.35 bits per heavy atom. The van der Waals surface area contributed by atoms with Crippen LogP contribution in [0.15, 0.2) is 29.6 Å². The molecule has 3 atom stereocenters. The number of nitrogens with one attached hydrogen (secondary N) is 2. The molecule has 26 heavy (non-hydrogen) atoms. The molecule has 1 aromatic heterocycles. The molecular weight excluding hydrogens is 350 g/mol. The molecule has 6 nitrogen and oxygen atoms in total. The van der Waals surface area contributed by atoms with Gasteiger partial charge in [0, 0.05) is 35.0 Å². The number of hydrogen-bond acceptors (Lipinski definition) is 6. The van der Waals surface area contributed by atoms with Crippen LogP contribution < -0.4 is 15.4 Å². The van der Waals surface area contributed by atoms with Gasteiger partial charge in [-0.3, -0.25) is 4.79 Å². The SMILES string of the molecule is COc1ccc(Nc2nc(C(=O)N[C@@H]3[C@H]4CCO[C@@H]4C3(C)C)cs2)cc1. The summed E-state index contributed by atoms with van der Waals surface area (Å²) in [6, 6.07) is 7.72. The molecule has 0 bridgehead atoms. The fraction of sp³-hybridized carbons (Fsp3) is 0.474. The molecular formula is C19H23N3O3S. The molecule has 1 aromatic carbocycles. The van der Waals surface area contributed by atoms with Gasteiger partial charge in [-0.15, -0.1) is 11.3 Å². The van der Waals surface area contributed by atoms with Crippen LogP contribution in [-0.2, 0) is 4.74 Å². The van der Waals surface area contributed by atoms with Gasteiger partial charge in [-0.1, -0.05) is 13.8 Å². The summed E-state index contributed by atoms with van der Waals surface area (Å²) in [4.78, 5) is 17.0. The summed E-state index contributed by atoms with van der Waals surface area (Å²) in [5.41, 5.74) is 1.32. The van der Waals surface area contributed by atoms with Crippen molar-refractivity contribution < 1.29 is 14.3 Å². The van der Waals surface area contributed by atoms with Crippen LogP contribution in [0, 0.1) is 11.3 Å². The number of aromatic nitrogens is 1. The third kappa shape index (κ3) is 2.95. The fourth-order valence-electron chi connectivity index (χ4n) is 4.07. The third-order valence-electron chi connectivity index (χ3n) is 5.47. The Hall–Kier alpha value is -2.12. The number of fused-ring (bicyclic) bond motifs is 1. The second kappa shape index (κ2) is 6.55. The van der Waals surface area contributed by atoms with Crippen molar-refractivity contribution in [1.82, 2.24) is 10.3 Å². The number of carbonyl (C=O) groups excluding carboxylic acids is 1. The molecule has 4 rings (SSSR count). The predicted molar refractivity (Wildman–Crippen MR) is 101 cm³/mol. The Balaban J connectivity index is 1.40. The van der Waals surface area contributed by atoms with E-state index in [-0.39, 0.29) is 23.5 Å². The topological polar surface area (TPSA) is 72.5 Å². The van der Waals surface area contributed by atoms with Crippen molar-refractivity contribution in [2.45, 2.75) is 32.4 Å². The molecule has 1 aliphatic carbocycles. The fourth-order valence-corrected chi connectivity index (χ4v) is 4.78. The van der Waals surface area contributed by atoms with Gasteiger partial charge in [0.25, 0.3) is 5.91 Å². The first-order chi connectivity index (χ1) is 12.5. The van der Waals surface area contributed by atoms with Gasteiger partial charge in [-0.05, 0) is 30.7 Å². The standard InChI is InChI=1S/C19H23N3O3S/c1-19(2)15(13-8-9-25-16(13)19)22-17(23)14-10-26-18(21-14)20-11-4-6-12(24-3)7-5-11/h4-7,10,13,15-16H,8-9H2,1-3H3,(H,20,21)(H,22,23)/t13-,15-,16+/m1/s1. The lowest BCUT2D eigenvalue weighted by Crippen LogP contribution is -2.66. The van der Waals surface area contributed by atoms with E-state index in [0.29, 0.717) is 16.7 Å². The Bertz CT molecular complexity index is 803. The van der Waals surface area contributed by atoms with Crippen molar-refractivity contribution in [3.8, 4) is 5.75 Å². The summed E-state index contributed by atoms with van der Waals surface area (Å²) in [6.07, 6.45) is 1.27. The van der Waals surface area contributed by atoms with Crippen molar-refractivity contribution in [2.75, 3.05) is 19.0 Å². The maximum atomic E-state index is 12.6. The molecule has 0 unspecified atom stereocenters. The summed E-state index contributed by atoms with van der Waals surface area (Å²) in [6.45, 7) is 5.10. The lowest BCUT2D eigenvalue weighted by Gasteiger charge is -2.54. The van der Waals surface area contributed by atoms with E-state index >= 15 is 0 Å². The molecule has 0 spiro atoms. The van der Waals surface area contributed by atoms with E-state index in [2.05, 4.69) is 29.5 Å². The summed E-state index contributed by atoms with van der Waals surface area (Å²) in [5, 5.41) is 8.86. The van der Waals surface area contributed by atoms with E-state index in [9.17, 15) is 4.79 Å². The monoisotopic (exact) mass is 373 g/mol. The van der Waals surface area contributed by atoms with Gasteiger partial charge in [-0.2, -0.15) is 0 Å². The molecule has 1 saturated heterocycles. The Morgan fingerprint density at radius 3 is 2.85 bits per heavy atom. The first-order valence-corrected chi connectivity index (χ1v) is 9.66. The number of methoxy groups -OCH3 is 1. The van der Waals surface area contributed by atoms with Crippen LogP contribution in [0.5, 0.6) is 5.75 Å². The Kier molecular flexibility index (Phi) is 4.36. The summed E-state index contributed by atoms with van der Waals surface area (Å²) >= 11 is 1.42. The van der Waals surface area contributed by atoms with E-state index in [0.717, 1.165) is 24.5 Å². The Morgan fingerprint density at radius 2 is 2.12 bits per heavy atom. The van der Waals surface area contributed by atoms with Crippen molar-refractivity contribution >= 4 is 28.1 Å². The van der Waals surface area contributed by atoms with Gasteiger partial charge in [-0.25, -0.2) is 4.98 Å². The lowest BCUT2D eigenvalue weighted by molar-refractivity contribution is -0.108. The highest BCUT2D eigenvalue weighted by atomic mass is 32.1. The smallest absolute Gasteiger partial charge is 0.271 e. The number of amides is 1. The van der Waals surface area contributed by atoms with Gasteiger partial charge in [0.2, 0.25) is 0 Å². The molecule has 1 saturated carbocycles. The van der Waals surface area contributed by atoms with Crippen LogP contribution in [0.1, 0.15) is 30.8 Å². The van der Waals surface area contributed by atoms with E-state index in [4.69, 9.17) is 9.47 Å². The van der Waals surface area contributed by atoms with Crippen molar-refractivity contribution in [3.63, 3.8) is 0 Å². The van der Waals surface area contributed by atoms with Gasteiger partial charge < -0.3 is 20.1 Å². The maximum Gasteiger partial charge on any atom is 0.271 e. The number of anilines is 2. The van der Waals surface area contributed by atoms with Gasteiger partial charge in [0.1, 0.15) is 11.4 Å². The number of ether oxygens (including phenoxy) is 2. The van der Waals surface area contributed by atoms with Crippen LogP contribution in [0.2, 0.25) is 0 Å². The molecule has 2 aliphatic rings. The van der Waals surface area contributed by atoms with E-state index in [1.165, 1.54) is 11.3 Å². The number of benzene rings is 1. The van der Waals surface area contributed by atoms with Crippen LogP contribution in [-0.4, -0.2) is 36.8 Å². The molecule has 7 heteroatoms. The highest BCUT2D eigenvalue weighted by Gasteiger charge is 2.59.